The van der Waals surface area contributed by atoms with Crippen LogP contribution in [0, 0.1) is 17.2 Å². The molecule has 5 rings (SSSR count). The van der Waals surface area contributed by atoms with E-state index < -0.39 is 28.9 Å². The van der Waals surface area contributed by atoms with Gasteiger partial charge in [0, 0.05) is 24.3 Å². The summed E-state index contributed by atoms with van der Waals surface area (Å²) in [7, 11) is 2.05. The topological polar surface area (TPSA) is 92.6 Å². The van der Waals surface area contributed by atoms with E-state index in [9.17, 15) is 22.8 Å². The molecule has 38 heavy (non-hydrogen) atoms. The second-order valence-electron chi connectivity index (χ2n) is 10.0. The number of hydrogen-bond donors (Lipinski definition) is 1. The lowest BCUT2D eigenvalue weighted by molar-refractivity contribution is -0.138. The normalized spacial score (nSPS) is 21.1. The van der Waals surface area contributed by atoms with Crippen LogP contribution in [0.5, 0.6) is 0 Å². The van der Waals surface area contributed by atoms with Gasteiger partial charge < -0.3 is 15.1 Å². The summed E-state index contributed by atoms with van der Waals surface area (Å²) in [6, 6.07) is 8.87. The molecule has 8 nitrogen and oxygen atoms in total. The summed E-state index contributed by atoms with van der Waals surface area (Å²) in [5.41, 5.74) is -2.13. The minimum absolute atomic E-state index is 0.0249. The summed E-state index contributed by atoms with van der Waals surface area (Å²) in [5.74, 6) is -0.221. The molecule has 3 aliphatic rings. The lowest BCUT2D eigenvalue weighted by Gasteiger charge is -2.43. The van der Waals surface area contributed by atoms with Gasteiger partial charge in [-0.2, -0.15) is 18.4 Å². The molecular weight excluding hydrogens is 517 g/mol. The van der Waals surface area contributed by atoms with Gasteiger partial charge in [0.05, 0.1) is 17.4 Å². The molecule has 1 aliphatic carbocycles. The average molecular weight is 543 g/mol. The van der Waals surface area contributed by atoms with Crippen molar-refractivity contribution >= 4 is 40.5 Å². The van der Waals surface area contributed by atoms with Crippen molar-refractivity contribution < 1.29 is 22.8 Å². The number of alkyl halides is 3. The Morgan fingerprint density at radius 1 is 1.26 bits per heavy atom. The number of amides is 2. The van der Waals surface area contributed by atoms with Gasteiger partial charge >= 0.3 is 6.18 Å². The van der Waals surface area contributed by atoms with Gasteiger partial charge in [0.1, 0.15) is 11.6 Å². The van der Waals surface area contributed by atoms with Crippen LogP contribution in [-0.4, -0.2) is 59.0 Å². The molecule has 2 aromatic rings. The number of hydrogen-bond acceptors (Lipinski definition) is 6. The van der Waals surface area contributed by atoms with Gasteiger partial charge in [-0.3, -0.25) is 14.5 Å². The van der Waals surface area contributed by atoms with Gasteiger partial charge in [-0.1, -0.05) is 0 Å². The molecule has 0 unspecified atom stereocenters. The predicted molar refractivity (Wildman–Crippen MR) is 137 cm³/mol. The van der Waals surface area contributed by atoms with Gasteiger partial charge in [-0.05, 0) is 87.7 Å². The van der Waals surface area contributed by atoms with E-state index in [-0.39, 0.29) is 16.7 Å². The number of carbonyl (C=O) groups is 2. The van der Waals surface area contributed by atoms with Crippen LogP contribution in [0.15, 0.2) is 36.5 Å². The molecule has 1 aromatic carbocycles. The summed E-state index contributed by atoms with van der Waals surface area (Å²) in [5, 5.41) is 12.1. The summed E-state index contributed by atoms with van der Waals surface area (Å²) >= 11 is 5.62. The van der Waals surface area contributed by atoms with Crippen LogP contribution >= 0.6 is 12.2 Å². The van der Waals surface area contributed by atoms with Crippen LogP contribution in [0.25, 0.3) is 0 Å². The lowest BCUT2D eigenvalue weighted by Crippen LogP contribution is -2.55. The van der Waals surface area contributed by atoms with E-state index in [4.69, 9.17) is 17.5 Å². The number of anilines is 2. The van der Waals surface area contributed by atoms with Crippen molar-refractivity contribution in [3.63, 3.8) is 0 Å². The number of benzene rings is 1. The Balaban J connectivity index is 1.39. The summed E-state index contributed by atoms with van der Waals surface area (Å²) in [6.07, 6.45) is -1.00. The maximum atomic E-state index is 13.6. The quantitative estimate of drug-likeness (QED) is 0.576. The first kappa shape index (κ1) is 26.1. The fourth-order valence-electron chi connectivity index (χ4n) is 5.38. The Bertz CT molecular complexity index is 1340. The monoisotopic (exact) mass is 542 g/mol. The van der Waals surface area contributed by atoms with Crippen molar-refractivity contribution in [3.05, 3.63) is 53.3 Å². The maximum absolute atomic E-state index is 13.6. The Kier molecular flexibility index (Phi) is 6.61. The Labute approximate surface area is 223 Å². The minimum Gasteiger partial charge on any atom is -0.352 e. The Morgan fingerprint density at radius 2 is 1.97 bits per heavy atom. The number of nitrogens with one attached hydrogen (secondary N) is 1. The third kappa shape index (κ3) is 4.39. The summed E-state index contributed by atoms with van der Waals surface area (Å²) < 4.78 is 40.7. The van der Waals surface area contributed by atoms with Crippen molar-refractivity contribution in [1.29, 1.82) is 5.26 Å². The molecule has 3 heterocycles. The molecule has 2 saturated heterocycles. The average Bonchev–Trinajstić information content (AvgIpc) is 3.39. The fourth-order valence-corrected chi connectivity index (χ4v) is 5.85. The number of aromatic nitrogens is 1. The first-order valence-corrected chi connectivity index (χ1v) is 12.7. The number of likely N-dealkylation sites (tertiary alicyclic amines) is 1. The third-order valence-corrected chi connectivity index (χ3v) is 7.93. The van der Waals surface area contributed by atoms with Crippen molar-refractivity contribution in [2.24, 2.45) is 5.92 Å². The second-order valence-corrected chi connectivity index (χ2v) is 10.4. The molecule has 1 aromatic heterocycles. The number of carbonyl (C=O) groups excluding carboxylic acids is 2. The highest BCUT2D eigenvalue weighted by atomic mass is 32.1. The van der Waals surface area contributed by atoms with Crippen molar-refractivity contribution in [2.45, 2.75) is 37.4 Å². The second kappa shape index (κ2) is 9.63. The fraction of sp³-hybridized carbons (Fsp3) is 0.423. The molecule has 1 spiro atoms. The molecule has 1 saturated carbocycles. The first-order valence-electron chi connectivity index (χ1n) is 12.3. The number of nitriles is 1. The molecule has 0 radical (unpaired) electrons. The van der Waals surface area contributed by atoms with Crippen LogP contribution in [-0.2, 0) is 11.0 Å². The predicted octanol–water partition coefficient (Wildman–Crippen LogP) is 3.71. The molecule has 3 fully saturated rings. The summed E-state index contributed by atoms with van der Waals surface area (Å²) in [4.78, 5) is 34.9. The van der Waals surface area contributed by atoms with Gasteiger partial charge in [0.2, 0.25) is 0 Å². The third-order valence-electron chi connectivity index (χ3n) is 7.56. The van der Waals surface area contributed by atoms with Crippen molar-refractivity contribution in [3.8, 4) is 6.07 Å². The maximum Gasteiger partial charge on any atom is 0.419 e. The highest BCUT2D eigenvalue weighted by Crippen LogP contribution is 2.48. The van der Waals surface area contributed by atoms with E-state index >= 15 is 0 Å². The molecule has 0 bridgehead atoms. The van der Waals surface area contributed by atoms with Crippen molar-refractivity contribution in [1.82, 2.24) is 15.2 Å². The van der Waals surface area contributed by atoms with E-state index in [0.29, 0.717) is 36.6 Å². The zero-order chi connectivity index (χ0) is 27.2. The molecule has 12 heteroatoms. The van der Waals surface area contributed by atoms with Gasteiger partial charge in [0.25, 0.3) is 11.8 Å². The first-order chi connectivity index (χ1) is 18.0. The number of pyridine rings is 1. The molecule has 1 N–H and O–H groups in total. The largest absolute Gasteiger partial charge is 0.419 e. The van der Waals surface area contributed by atoms with Gasteiger partial charge in [0.15, 0.2) is 10.8 Å². The van der Waals surface area contributed by atoms with E-state index in [1.807, 2.05) is 0 Å². The molecule has 198 valence electrons. The van der Waals surface area contributed by atoms with Gasteiger partial charge in [-0.15, -0.1) is 0 Å². The smallest absolute Gasteiger partial charge is 0.352 e. The number of nitrogens with zero attached hydrogens (tertiary/aromatic N) is 5. The summed E-state index contributed by atoms with van der Waals surface area (Å²) in [6.45, 7) is 2.54. The zero-order valence-electron chi connectivity index (χ0n) is 20.6. The number of thiocarbonyl (C=S) groups is 1. The molecule has 2 aliphatic heterocycles. The van der Waals surface area contributed by atoms with Crippen LogP contribution in [0.3, 0.4) is 0 Å². The highest BCUT2D eigenvalue weighted by molar-refractivity contribution is 7.81. The Morgan fingerprint density at radius 3 is 2.53 bits per heavy atom. The lowest BCUT2D eigenvalue weighted by atomic mass is 9.75. The molecular formula is C26H25F3N6O2S. The van der Waals surface area contributed by atoms with Crippen LogP contribution in [0.2, 0.25) is 0 Å². The van der Waals surface area contributed by atoms with Gasteiger partial charge in [-0.25, -0.2) is 4.98 Å². The standard InChI is InChI=1S/C26H25F3N6O2S/c1-33-10-7-16(15-33)13-32-22(36)17-3-5-18(6-4-17)35-24(38)34(23(37)25(35)8-2-9-25)19-11-20(26(27,28)29)21(12-30)31-14-19/h3-6,11,14,16H,2,7-10,13,15H2,1H3,(H,32,36)/t16-/m0/s1. The molecule has 2 amide bonds. The SMILES string of the molecule is CN1CC[C@@H](CNC(=O)c2ccc(N3C(=S)N(c4cnc(C#N)c(C(F)(F)F)c4)C(=O)C34CCC4)cc2)C1. The van der Waals surface area contributed by atoms with E-state index in [1.165, 1.54) is 6.07 Å². The molecule has 1 atom stereocenters. The Hall–Kier alpha value is -3.56. The van der Waals surface area contributed by atoms with Crippen LogP contribution < -0.4 is 15.1 Å². The van der Waals surface area contributed by atoms with Crippen molar-refractivity contribution in [2.75, 3.05) is 36.5 Å². The van der Waals surface area contributed by atoms with Crippen LogP contribution in [0.1, 0.15) is 47.3 Å². The zero-order valence-corrected chi connectivity index (χ0v) is 21.4. The number of halogens is 3. The minimum atomic E-state index is -4.82. The number of rotatable bonds is 5. The van der Waals surface area contributed by atoms with E-state index in [1.54, 1.807) is 29.2 Å². The van der Waals surface area contributed by atoms with E-state index in [2.05, 4.69) is 22.2 Å². The van der Waals surface area contributed by atoms with Crippen LogP contribution in [0.4, 0.5) is 24.5 Å². The van der Waals surface area contributed by atoms with E-state index in [0.717, 1.165) is 43.1 Å². The highest BCUT2D eigenvalue weighted by Gasteiger charge is 2.59.